The van der Waals surface area contributed by atoms with Crippen molar-refractivity contribution in [2.75, 3.05) is 5.75 Å². The van der Waals surface area contributed by atoms with Crippen LogP contribution < -0.4 is 10.6 Å². The summed E-state index contributed by atoms with van der Waals surface area (Å²) < 4.78 is 15.2. The topological polar surface area (TPSA) is 147 Å². The fraction of sp³-hybridized carbons (Fsp3) is 0.300. The number of carbonyl (C=O) groups is 4. The number of benzene rings is 2. The molecule has 0 aliphatic carbocycles. The van der Waals surface area contributed by atoms with E-state index in [-0.39, 0.29) is 17.2 Å². The molecule has 1 saturated heterocycles. The Kier molecular flexibility index (Phi) is 8.74. The Morgan fingerprint density at radius 3 is 2.21 bits per heavy atom. The van der Waals surface area contributed by atoms with Crippen LogP contribution in [0, 0.1) is 0 Å². The molecule has 0 saturated carbocycles. The fourth-order valence-electron chi connectivity index (χ4n) is 4.66. The smallest absolute Gasteiger partial charge is 0.408 e. The van der Waals surface area contributed by atoms with E-state index in [2.05, 4.69) is 15.0 Å². The van der Waals surface area contributed by atoms with Gasteiger partial charge in [0.15, 0.2) is 11.8 Å². The summed E-state index contributed by atoms with van der Waals surface area (Å²) >= 11 is 2.29. The van der Waals surface area contributed by atoms with E-state index in [1.165, 1.54) is 18.0 Å². The number of ether oxygens (including phenoxy) is 2. The number of amides is 3. The van der Waals surface area contributed by atoms with Gasteiger partial charge in [-0.2, -0.15) is 0 Å². The second kappa shape index (κ2) is 12.5. The molecule has 3 aromatic rings. The molecule has 0 radical (unpaired) electrons. The highest BCUT2D eigenvalue weighted by Gasteiger charge is 2.55. The van der Waals surface area contributed by atoms with Gasteiger partial charge in [0.05, 0.1) is 5.75 Å². The van der Waals surface area contributed by atoms with Crippen molar-refractivity contribution in [1.82, 2.24) is 19.9 Å². The molecule has 5 rings (SSSR count). The number of hydrogen-bond acceptors (Lipinski definition) is 10. The van der Waals surface area contributed by atoms with Crippen LogP contribution in [0.2, 0.25) is 0 Å². The molecule has 3 N–H and O–H groups in total. The van der Waals surface area contributed by atoms with Crippen LogP contribution in [0.15, 0.2) is 83.7 Å². The number of carbonyl (C=O) groups excluding carboxylic acids is 4. The van der Waals surface area contributed by atoms with Gasteiger partial charge < -0.3 is 25.2 Å². The summed E-state index contributed by atoms with van der Waals surface area (Å²) in [4.78, 5) is 53.9. The SMILES string of the molecule is CC(C)(C)OC(=O)NC(C(=O)N[C@@H]1C(=O)N2C(C(=O)OC(c3ccccc3)c3ccccc3)=C(O)CS[C@H]12)c1cnsc1. The predicted molar refractivity (Wildman–Crippen MR) is 160 cm³/mol. The first-order valence-corrected chi connectivity index (χ1v) is 15.3. The molecule has 13 heteroatoms. The third-order valence-electron chi connectivity index (χ3n) is 6.58. The molecule has 2 aliphatic rings. The first kappa shape index (κ1) is 30.1. The number of fused-ring (bicyclic) bond motifs is 1. The van der Waals surface area contributed by atoms with Crippen LogP contribution in [0.5, 0.6) is 0 Å². The van der Waals surface area contributed by atoms with Crippen molar-refractivity contribution in [2.24, 2.45) is 0 Å². The van der Waals surface area contributed by atoms with Crippen molar-refractivity contribution in [3.05, 3.63) is 100 Å². The van der Waals surface area contributed by atoms with E-state index in [1.54, 1.807) is 26.2 Å². The van der Waals surface area contributed by atoms with Gasteiger partial charge in [-0.1, -0.05) is 60.7 Å². The zero-order valence-corrected chi connectivity index (χ0v) is 25.2. The number of esters is 1. The molecule has 224 valence electrons. The van der Waals surface area contributed by atoms with Crippen LogP contribution in [0.3, 0.4) is 0 Å². The zero-order valence-electron chi connectivity index (χ0n) is 23.6. The molecular weight excluding hydrogens is 592 g/mol. The van der Waals surface area contributed by atoms with E-state index < -0.39 is 53.0 Å². The Morgan fingerprint density at radius 1 is 1.02 bits per heavy atom. The molecule has 43 heavy (non-hydrogen) atoms. The minimum Gasteiger partial charge on any atom is -0.509 e. The Bertz CT molecular complexity index is 1490. The number of rotatable bonds is 8. The predicted octanol–water partition coefficient (Wildman–Crippen LogP) is 4.21. The molecule has 1 fully saturated rings. The second-order valence-corrected chi connectivity index (χ2v) is 12.6. The minimum atomic E-state index is -1.17. The van der Waals surface area contributed by atoms with Gasteiger partial charge in [-0.15, -0.1) is 11.8 Å². The van der Waals surface area contributed by atoms with Gasteiger partial charge in [0.1, 0.15) is 28.8 Å². The molecule has 1 unspecified atom stereocenters. The summed E-state index contributed by atoms with van der Waals surface area (Å²) in [5, 5.41) is 16.9. The summed E-state index contributed by atoms with van der Waals surface area (Å²) in [6.45, 7) is 5.09. The monoisotopic (exact) mass is 622 g/mol. The largest absolute Gasteiger partial charge is 0.509 e. The van der Waals surface area contributed by atoms with Crippen LogP contribution in [-0.4, -0.2) is 61.0 Å². The van der Waals surface area contributed by atoms with Crippen molar-refractivity contribution in [1.29, 1.82) is 0 Å². The molecule has 3 heterocycles. The lowest BCUT2D eigenvalue weighted by Crippen LogP contribution is -2.71. The fourth-order valence-corrected chi connectivity index (χ4v) is 6.42. The molecule has 2 aliphatic heterocycles. The Balaban J connectivity index is 1.32. The molecule has 3 amide bonds. The lowest BCUT2D eigenvalue weighted by molar-refractivity contribution is -0.155. The van der Waals surface area contributed by atoms with E-state index in [1.807, 2.05) is 60.7 Å². The number of aliphatic hydroxyl groups excluding tert-OH is 1. The highest BCUT2D eigenvalue weighted by molar-refractivity contribution is 8.00. The lowest BCUT2D eigenvalue weighted by atomic mass is 10.0. The molecular formula is C30H30N4O7S2. The van der Waals surface area contributed by atoms with Crippen molar-refractivity contribution in [2.45, 2.75) is 49.9 Å². The number of nitrogens with zero attached hydrogens (tertiary/aromatic N) is 2. The summed E-state index contributed by atoms with van der Waals surface area (Å²) in [7, 11) is 0. The first-order chi connectivity index (χ1) is 20.5. The summed E-state index contributed by atoms with van der Waals surface area (Å²) in [6, 6.07) is 16.1. The summed E-state index contributed by atoms with van der Waals surface area (Å²) in [5.74, 6) is -2.38. The molecule has 1 aromatic heterocycles. The maximum Gasteiger partial charge on any atom is 0.408 e. The van der Waals surface area contributed by atoms with Gasteiger partial charge in [0.25, 0.3) is 5.91 Å². The average molecular weight is 623 g/mol. The van der Waals surface area contributed by atoms with Crippen molar-refractivity contribution >= 4 is 47.2 Å². The second-order valence-electron chi connectivity index (χ2n) is 10.8. The van der Waals surface area contributed by atoms with Crippen molar-refractivity contribution in [3.8, 4) is 0 Å². The van der Waals surface area contributed by atoms with Gasteiger partial charge >= 0.3 is 12.1 Å². The van der Waals surface area contributed by atoms with Gasteiger partial charge in [-0.05, 0) is 43.4 Å². The third kappa shape index (κ3) is 6.67. The number of aromatic nitrogens is 1. The number of aliphatic hydroxyl groups is 1. The zero-order chi connectivity index (χ0) is 30.7. The van der Waals surface area contributed by atoms with E-state index in [9.17, 15) is 24.3 Å². The van der Waals surface area contributed by atoms with E-state index in [0.717, 1.165) is 27.6 Å². The molecule has 11 nitrogen and oxygen atoms in total. The number of nitrogens with one attached hydrogen (secondary N) is 2. The average Bonchev–Trinajstić information content (AvgIpc) is 3.52. The van der Waals surface area contributed by atoms with E-state index in [0.29, 0.717) is 5.56 Å². The summed E-state index contributed by atoms with van der Waals surface area (Å²) in [6.07, 6.45) is -0.146. The number of β-lactam (4-membered cyclic amide) rings is 1. The maximum absolute atomic E-state index is 13.5. The van der Waals surface area contributed by atoms with Crippen molar-refractivity contribution in [3.63, 3.8) is 0 Å². The number of thioether (sulfide) groups is 1. The number of hydrogen-bond donors (Lipinski definition) is 3. The highest BCUT2D eigenvalue weighted by atomic mass is 32.2. The minimum absolute atomic E-state index is 0.0284. The quantitative estimate of drug-likeness (QED) is 0.248. The standard InChI is InChI=1S/C30H30N4O7S2/c1-30(2,3)41-29(39)33-21(19-14-31-43-15-19)25(36)32-22-26(37)34-23(20(35)16-42-27(22)34)28(38)40-24(17-10-6-4-7-11-17)18-12-8-5-9-13-18/h4-15,21-22,24,27,35H,16H2,1-3H3,(H,32,36)(H,33,39)/t21?,22-,27-/m1/s1. The van der Waals surface area contributed by atoms with Gasteiger partial charge in [-0.25, -0.2) is 14.0 Å². The van der Waals surface area contributed by atoms with Crippen LogP contribution in [0.1, 0.15) is 49.6 Å². The van der Waals surface area contributed by atoms with Crippen LogP contribution in [-0.2, 0) is 23.9 Å². The van der Waals surface area contributed by atoms with Gasteiger partial charge in [0.2, 0.25) is 5.91 Å². The normalized spacial score (nSPS) is 18.8. The lowest BCUT2D eigenvalue weighted by Gasteiger charge is -2.49. The molecule has 2 aromatic carbocycles. The van der Waals surface area contributed by atoms with Crippen LogP contribution in [0.4, 0.5) is 4.79 Å². The Hall–Kier alpha value is -4.36. The van der Waals surface area contributed by atoms with Gasteiger partial charge in [0, 0.05) is 17.1 Å². The Morgan fingerprint density at radius 2 is 1.65 bits per heavy atom. The summed E-state index contributed by atoms with van der Waals surface area (Å²) in [5.41, 5.74) is 0.802. The van der Waals surface area contributed by atoms with E-state index in [4.69, 9.17) is 9.47 Å². The molecule has 0 spiro atoms. The van der Waals surface area contributed by atoms with Crippen molar-refractivity contribution < 1.29 is 33.8 Å². The highest BCUT2D eigenvalue weighted by Crippen LogP contribution is 2.41. The van der Waals surface area contributed by atoms with Crippen LogP contribution >= 0.6 is 23.3 Å². The van der Waals surface area contributed by atoms with Gasteiger partial charge in [-0.3, -0.25) is 14.5 Å². The van der Waals surface area contributed by atoms with Crippen LogP contribution in [0.25, 0.3) is 0 Å². The number of alkyl carbamates (subject to hydrolysis) is 1. The Labute approximate surface area is 256 Å². The maximum atomic E-state index is 13.5. The first-order valence-electron chi connectivity index (χ1n) is 13.4. The molecule has 3 atom stereocenters. The van der Waals surface area contributed by atoms with E-state index >= 15 is 0 Å². The molecule has 0 bridgehead atoms. The third-order valence-corrected chi connectivity index (χ3v) is 8.45.